The van der Waals surface area contributed by atoms with E-state index in [-0.39, 0.29) is 17.9 Å². The standard InChI is InChI=1S/C20H18FN3O2/c1-13(25)16-8-7-15(9-17(16)21)18-10-20(24-12-23-18)22-11-19(26)14-5-3-2-4-6-14/h2-10,12,19,26H,11H2,1H3,(H,22,23,24). The topological polar surface area (TPSA) is 75.1 Å². The Labute approximate surface area is 150 Å². The number of anilines is 1. The highest BCUT2D eigenvalue weighted by Crippen LogP contribution is 2.22. The summed E-state index contributed by atoms with van der Waals surface area (Å²) in [6, 6.07) is 15.3. The molecule has 0 saturated carbocycles. The molecule has 0 spiro atoms. The zero-order valence-corrected chi connectivity index (χ0v) is 14.2. The number of benzene rings is 2. The zero-order chi connectivity index (χ0) is 18.5. The molecule has 6 heteroatoms. The molecular weight excluding hydrogens is 333 g/mol. The summed E-state index contributed by atoms with van der Waals surface area (Å²) in [6.07, 6.45) is 0.686. The number of nitrogens with zero attached hydrogens (tertiary/aromatic N) is 2. The van der Waals surface area contributed by atoms with Crippen molar-refractivity contribution in [1.82, 2.24) is 9.97 Å². The maximum absolute atomic E-state index is 14.0. The van der Waals surface area contributed by atoms with Crippen LogP contribution in [0.25, 0.3) is 11.3 Å². The highest BCUT2D eigenvalue weighted by Gasteiger charge is 2.11. The molecule has 3 rings (SSSR count). The molecule has 1 heterocycles. The van der Waals surface area contributed by atoms with Gasteiger partial charge in [0.15, 0.2) is 5.78 Å². The Hall–Kier alpha value is -3.12. The van der Waals surface area contributed by atoms with Crippen molar-refractivity contribution in [3.05, 3.63) is 77.9 Å². The molecule has 1 unspecified atom stereocenters. The van der Waals surface area contributed by atoms with Gasteiger partial charge in [-0.2, -0.15) is 0 Å². The second kappa shape index (κ2) is 7.84. The second-order valence-electron chi connectivity index (χ2n) is 5.85. The van der Waals surface area contributed by atoms with Crippen LogP contribution in [0.1, 0.15) is 28.9 Å². The van der Waals surface area contributed by atoms with E-state index >= 15 is 0 Å². The van der Waals surface area contributed by atoms with Gasteiger partial charge >= 0.3 is 0 Å². The lowest BCUT2D eigenvalue weighted by atomic mass is 10.1. The Morgan fingerprint density at radius 3 is 2.62 bits per heavy atom. The summed E-state index contributed by atoms with van der Waals surface area (Å²) in [5.74, 6) is -0.391. The van der Waals surface area contributed by atoms with Crippen molar-refractivity contribution in [2.75, 3.05) is 11.9 Å². The van der Waals surface area contributed by atoms with E-state index in [1.54, 1.807) is 12.1 Å². The quantitative estimate of drug-likeness (QED) is 0.663. The van der Waals surface area contributed by atoms with Crippen LogP contribution in [0.15, 0.2) is 60.9 Å². The van der Waals surface area contributed by atoms with E-state index in [4.69, 9.17) is 0 Å². The van der Waals surface area contributed by atoms with E-state index < -0.39 is 11.9 Å². The van der Waals surface area contributed by atoms with Gasteiger partial charge in [-0.05, 0) is 24.6 Å². The van der Waals surface area contributed by atoms with Crippen LogP contribution in [0.3, 0.4) is 0 Å². The Morgan fingerprint density at radius 1 is 1.15 bits per heavy atom. The summed E-state index contributed by atoms with van der Waals surface area (Å²) in [4.78, 5) is 19.6. The molecule has 2 N–H and O–H groups in total. The lowest BCUT2D eigenvalue weighted by Crippen LogP contribution is -2.13. The Kier molecular flexibility index (Phi) is 5.34. The fourth-order valence-electron chi connectivity index (χ4n) is 2.57. The number of hydrogen-bond acceptors (Lipinski definition) is 5. The van der Waals surface area contributed by atoms with Crippen LogP contribution in [0.4, 0.5) is 10.2 Å². The minimum absolute atomic E-state index is 0.0483. The summed E-state index contributed by atoms with van der Waals surface area (Å²) < 4.78 is 14.0. The lowest BCUT2D eigenvalue weighted by molar-refractivity contribution is 0.101. The minimum atomic E-state index is -0.679. The smallest absolute Gasteiger partial charge is 0.162 e. The summed E-state index contributed by atoms with van der Waals surface area (Å²) in [7, 11) is 0. The average Bonchev–Trinajstić information content (AvgIpc) is 2.66. The van der Waals surface area contributed by atoms with Crippen LogP contribution >= 0.6 is 0 Å². The van der Waals surface area contributed by atoms with Crippen LogP contribution in [0, 0.1) is 5.82 Å². The van der Waals surface area contributed by atoms with Gasteiger partial charge in [0.2, 0.25) is 0 Å². The second-order valence-corrected chi connectivity index (χ2v) is 5.85. The predicted octanol–water partition coefficient (Wildman–Crippen LogP) is 3.63. The fourth-order valence-corrected chi connectivity index (χ4v) is 2.57. The molecule has 1 aromatic heterocycles. The molecule has 0 amide bonds. The van der Waals surface area contributed by atoms with Gasteiger partial charge in [-0.25, -0.2) is 14.4 Å². The molecule has 0 aliphatic rings. The average molecular weight is 351 g/mol. The maximum atomic E-state index is 14.0. The van der Waals surface area contributed by atoms with Crippen molar-refractivity contribution in [2.24, 2.45) is 0 Å². The first kappa shape index (κ1) is 17.7. The van der Waals surface area contributed by atoms with Gasteiger partial charge in [-0.15, -0.1) is 0 Å². The van der Waals surface area contributed by atoms with Gasteiger partial charge in [0.05, 0.1) is 17.4 Å². The SMILES string of the molecule is CC(=O)c1ccc(-c2cc(NCC(O)c3ccccc3)ncn2)cc1F. The molecule has 0 aliphatic carbocycles. The molecule has 0 saturated heterocycles. The molecule has 26 heavy (non-hydrogen) atoms. The van der Waals surface area contributed by atoms with Crippen LogP contribution in [-0.2, 0) is 0 Å². The fraction of sp³-hybridized carbons (Fsp3) is 0.150. The first-order valence-corrected chi connectivity index (χ1v) is 8.14. The number of aromatic nitrogens is 2. The monoisotopic (exact) mass is 351 g/mol. The molecule has 0 radical (unpaired) electrons. The van der Waals surface area contributed by atoms with Crippen molar-refractivity contribution in [2.45, 2.75) is 13.0 Å². The largest absolute Gasteiger partial charge is 0.387 e. The van der Waals surface area contributed by atoms with Crippen molar-refractivity contribution in [3.8, 4) is 11.3 Å². The molecule has 2 aromatic carbocycles. The number of Topliss-reactive ketones (excluding diaryl/α,β-unsaturated/α-hetero) is 1. The van der Waals surface area contributed by atoms with Gasteiger partial charge in [0.25, 0.3) is 0 Å². The van der Waals surface area contributed by atoms with E-state index in [9.17, 15) is 14.3 Å². The summed E-state index contributed by atoms with van der Waals surface area (Å²) >= 11 is 0. The molecule has 1 atom stereocenters. The van der Waals surface area contributed by atoms with E-state index in [1.807, 2.05) is 30.3 Å². The van der Waals surface area contributed by atoms with E-state index in [0.717, 1.165) is 5.56 Å². The highest BCUT2D eigenvalue weighted by atomic mass is 19.1. The molecule has 5 nitrogen and oxygen atoms in total. The number of nitrogens with one attached hydrogen (secondary N) is 1. The summed E-state index contributed by atoms with van der Waals surface area (Å²) in [6.45, 7) is 1.60. The third-order valence-electron chi connectivity index (χ3n) is 3.97. The predicted molar refractivity (Wildman–Crippen MR) is 97.3 cm³/mol. The number of halogens is 1. The molecule has 0 fully saturated rings. The third-order valence-corrected chi connectivity index (χ3v) is 3.97. The maximum Gasteiger partial charge on any atom is 0.162 e. The summed E-state index contributed by atoms with van der Waals surface area (Å²) in [5, 5.41) is 13.2. The number of carbonyl (C=O) groups is 1. The van der Waals surface area contributed by atoms with Crippen molar-refractivity contribution in [3.63, 3.8) is 0 Å². The van der Waals surface area contributed by atoms with Crippen molar-refractivity contribution in [1.29, 1.82) is 0 Å². The minimum Gasteiger partial charge on any atom is -0.387 e. The van der Waals surface area contributed by atoms with E-state index in [0.29, 0.717) is 17.1 Å². The number of hydrogen-bond donors (Lipinski definition) is 2. The number of ketones is 1. The van der Waals surface area contributed by atoms with E-state index in [1.165, 1.54) is 25.4 Å². The first-order valence-electron chi connectivity index (χ1n) is 8.14. The van der Waals surface area contributed by atoms with Crippen LogP contribution in [0.2, 0.25) is 0 Å². The number of carbonyl (C=O) groups excluding carboxylic acids is 1. The Bertz CT molecular complexity index is 916. The van der Waals surface area contributed by atoms with Crippen molar-refractivity contribution < 1.29 is 14.3 Å². The number of aliphatic hydroxyl groups is 1. The van der Waals surface area contributed by atoms with Gasteiger partial charge in [-0.3, -0.25) is 4.79 Å². The lowest BCUT2D eigenvalue weighted by Gasteiger charge is -2.13. The van der Waals surface area contributed by atoms with E-state index in [2.05, 4.69) is 15.3 Å². The molecule has 0 bridgehead atoms. The van der Waals surface area contributed by atoms with Gasteiger partial charge < -0.3 is 10.4 Å². The number of rotatable bonds is 6. The van der Waals surface area contributed by atoms with Crippen LogP contribution < -0.4 is 5.32 Å². The zero-order valence-electron chi connectivity index (χ0n) is 14.2. The van der Waals surface area contributed by atoms with Crippen LogP contribution in [0.5, 0.6) is 0 Å². The summed E-state index contributed by atoms with van der Waals surface area (Å²) in [5.41, 5.74) is 1.91. The van der Waals surface area contributed by atoms with Crippen LogP contribution in [-0.4, -0.2) is 27.4 Å². The highest BCUT2D eigenvalue weighted by molar-refractivity contribution is 5.94. The molecular formula is C20H18FN3O2. The number of aliphatic hydroxyl groups excluding tert-OH is 1. The molecule has 3 aromatic rings. The first-order chi connectivity index (χ1) is 12.5. The van der Waals surface area contributed by atoms with Crippen molar-refractivity contribution >= 4 is 11.6 Å². The normalized spacial score (nSPS) is 11.8. The molecule has 132 valence electrons. The Balaban J connectivity index is 1.74. The van der Waals surface area contributed by atoms with Gasteiger partial charge in [-0.1, -0.05) is 36.4 Å². The third kappa shape index (κ3) is 4.10. The van der Waals surface area contributed by atoms with Gasteiger partial charge in [0, 0.05) is 18.2 Å². The van der Waals surface area contributed by atoms with Gasteiger partial charge in [0.1, 0.15) is 18.0 Å². The molecule has 0 aliphatic heterocycles. The Morgan fingerprint density at radius 2 is 1.92 bits per heavy atom.